The number of hydrogen-bond donors (Lipinski definition) is 1. The maximum atomic E-state index is 11.8. The molecule has 1 aromatic rings. The third kappa shape index (κ3) is 4.89. The Labute approximate surface area is 117 Å². The summed E-state index contributed by atoms with van der Waals surface area (Å²) < 4.78 is 14.7. The highest BCUT2D eigenvalue weighted by molar-refractivity contribution is 5.96. The number of methoxy groups -OCH3 is 1. The van der Waals surface area contributed by atoms with Crippen LogP contribution in [0.4, 0.5) is 0 Å². The number of ether oxygens (including phenoxy) is 3. The van der Waals surface area contributed by atoms with E-state index in [1.54, 1.807) is 0 Å². The number of rotatable bonds is 7. The average molecular weight is 282 g/mol. The fourth-order valence-electron chi connectivity index (χ4n) is 1.49. The first-order valence-electron chi connectivity index (χ1n) is 6.25. The molecule has 0 aliphatic heterocycles. The molecule has 0 fully saturated rings. The monoisotopic (exact) mass is 282 g/mol. The molecule has 1 rings (SSSR count). The smallest absolute Gasteiger partial charge is 0.338 e. The molecule has 0 amide bonds. The number of phenols is 1. The lowest BCUT2D eigenvalue weighted by Gasteiger charge is -2.07. The number of benzene rings is 1. The van der Waals surface area contributed by atoms with E-state index in [4.69, 9.17) is 9.47 Å². The number of carbonyl (C=O) groups excluding carboxylic acids is 2. The second-order valence-electron chi connectivity index (χ2n) is 4.01. The van der Waals surface area contributed by atoms with Crippen LogP contribution in [0.3, 0.4) is 0 Å². The molecule has 0 saturated carbocycles. The number of aromatic hydroxyl groups is 1. The molecule has 6 heteroatoms. The molecule has 20 heavy (non-hydrogen) atoms. The highest BCUT2D eigenvalue weighted by Gasteiger charge is 2.14. The van der Waals surface area contributed by atoms with Crippen molar-refractivity contribution in [3.8, 4) is 5.75 Å². The van der Waals surface area contributed by atoms with Gasteiger partial charge in [0.2, 0.25) is 0 Å². The summed E-state index contributed by atoms with van der Waals surface area (Å²) >= 11 is 0. The Balaban J connectivity index is 2.63. The van der Waals surface area contributed by atoms with Crippen molar-refractivity contribution in [1.29, 1.82) is 0 Å². The van der Waals surface area contributed by atoms with Crippen molar-refractivity contribution in [2.24, 2.45) is 0 Å². The first-order valence-corrected chi connectivity index (χ1v) is 6.25. The molecular weight excluding hydrogens is 264 g/mol. The van der Waals surface area contributed by atoms with Gasteiger partial charge in [0.15, 0.2) is 0 Å². The zero-order chi connectivity index (χ0) is 15.0. The molecule has 0 aliphatic rings. The molecule has 110 valence electrons. The molecule has 0 aliphatic carbocycles. The minimum Gasteiger partial charge on any atom is -0.508 e. The van der Waals surface area contributed by atoms with Gasteiger partial charge in [0, 0.05) is 6.61 Å². The molecule has 0 atom stereocenters. The Hall–Kier alpha value is -2.08. The fraction of sp³-hybridized carbons (Fsp3) is 0.429. The maximum Gasteiger partial charge on any atom is 0.338 e. The number of carbonyl (C=O) groups is 2. The van der Waals surface area contributed by atoms with Gasteiger partial charge in [-0.15, -0.1) is 0 Å². The first kappa shape index (κ1) is 16.0. The van der Waals surface area contributed by atoms with E-state index in [0.717, 1.165) is 6.42 Å². The van der Waals surface area contributed by atoms with Gasteiger partial charge in [0.05, 0.1) is 24.8 Å². The van der Waals surface area contributed by atoms with Gasteiger partial charge in [-0.25, -0.2) is 9.59 Å². The van der Waals surface area contributed by atoms with Crippen LogP contribution < -0.4 is 0 Å². The van der Waals surface area contributed by atoms with Crippen LogP contribution >= 0.6 is 0 Å². The van der Waals surface area contributed by atoms with Crippen molar-refractivity contribution in [2.75, 3.05) is 26.9 Å². The molecular formula is C14H18O6. The summed E-state index contributed by atoms with van der Waals surface area (Å²) in [7, 11) is 1.22. The van der Waals surface area contributed by atoms with Gasteiger partial charge in [-0.05, 0) is 24.6 Å². The lowest BCUT2D eigenvalue weighted by atomic mass is 10.1. The fourth-order valence-corrected chi connectivity index (χ4v) is 1.49. The molecule has 0 aromatic heterocycles. The first-order chi connectivity index (χ1) is 9.58. The predicted octanol–water partition coefficient (Wildman–Crippen LogP) is 1.76. The van der Waals surface area contributed by atoms with Crippen LogP contribution in [0.15, 0.2) is 18.2 Å². The van der Waals surface area contributed by atoms with Crippen LogP contribution in [0.2, 0.25) is 0 Å². The summed E-state index contributed by atoms with van der Waals surface area (Å²) in [6.45, 7) is 3.01. The Morgan fingerprint density at radius 1 is 1.05 bits per heavy atom. The van der Waals surface area contributed by atoms with E-state index in [1.807, 2.05) is 6.92 Å². The summed E-state index contributed by atoms with van der Waals surface area (Å²) in [5.74, 6) is -1.48. The molecule has 0 radical (unpaired) electrons. The van der Waals surface area contributed by atoms with Gasteiger partial charge < -0.3 is 19.3 Å². The van der Waals surface area contributed by atoms with E-state index in [9.17, 15) is 14.7 Å². The van der Waals surface area contributed by atoms with E-state index in [1.165, 1.54) is 25.3 Å². The maximum absolute atomic E-state index is 11.8. The van der Waals surface area contributed by atoms with Crippen molar-refractivity contribution in [1.82, 2.24) is 0 Å². The Morgan fingerprint density at radius 3 is 2.30 bits per heavy atom. The minimum absolute atomic E-state index is 0.0842. The van der Waals surface area contributed by atoms with E-state index in [2.05, 4.69) is 4.74 Å². The third-order valence-electron chi connectivity index (χ3n) is 2.38. The Kier molecular flexibility index (Phi) is 6.52. The van der Waals surface area contributed by atoms with Gasteiger partial charge in [-0.2, -0.15) is 0 Å². The third-order valence-corrected chi connectivity index (χ3v) is 2.38. The number of phenolic OH excluding ortho intramolecular Hbond substituents is 1. The molecule has 0 saturated heterocycles. The van der Waals surface area contributed by atoms with Gasteiger partial charge in [0.25, 0.3) is 0 Å². The van der Waals surface area contributed by atoms with Crippen LogP contribution in [0.5, 0.6) is 5.75 Å². The average Bonchev–Trinajstić information content (AvgIpc) is 2.45. The SMILES string of the molecule is CCCOCCOC(=O)c1cc(O)cc(C(=O)OC)c1. The van der Waals surface area contributed by atoms with Crippen molar-refractivity contribution in [3.63, 3.8) is 0 Å². The molecule has 1 N–H and O–H groups in total. The Bertz CT molecular complexity index is 469. The van der Waals surface area contributed by atoms with Crippen molar-refractivity contribution < 1.29 is 28.9 Å². The largest absolute Gasteiger partial charge is 0.508 e. The van der Waals surface area contributed by atoms with Crippen LogP contribution in [0, 0.1) is 0 Å². The quantitative estimate of drug-likeness (QED) is 0.606. The summed E-state index contributed by atoms with van der Waals surface area (Å²) in [6.07, 6.45) is 0.892. The summed E-state index contributed by atoms with van der Waals surface area (Å²) in [5.41, 5.74) is 0.169. The predicted molar refractivity (Wildman–Crippen MR) is 70.8 cm³/mol. The molecule has 0 unspecified atom stereocenters. The van der Waals surface area contributed by atoms with Gasteiger partial charge in [-0.1, -0.05) is 6.92 Å². The van der Waals surface area contributed by atoms with Gasteiger partial charge in [0.1, 0.15) is 12.4 Å². The molecule has 1 aromatic carbocycles. The van der Waals surface area contributed by atoms with Crippen LogP contribution in [0.1, 0.15) is 34.1 Å². The summed E-state index contributed by atoms with van der Waals surface area (Å²) in [5, 5.41) is 9.49. The molecule has 0 heterocycles. The van der Waals surface area contributed by atoms with Crippen molar-refractivity contribution in [3.05, 3.63) is 29.3 Å². The number of esters is 2. The molecule has 6 nitrogen and oxygen atoms in total. The normalized spacial score (nSPS) is 10.1. The summed E-state index contributed by atoms with van der Waals surface area (Å²) in [6, 6.07) is 3.75. The highest BCUT2D eigenvalue weighted by Crippen LogP contribution is 2.17. The Morgan fingerprint density at radius 2 is 1.70 bits per heavy atom. The van der Waals surface area contributed by atoms with Crippen LogP contribution in [-0.4, -0.2) is 44.0 Å². The molecule has 0 spiro atoms. The van der Waals surface area contributed by atoms with Crippen molar-refractivity contribution in [2.45, 2.75) is 13.3 Å². The molecule has 0 bridgehead atoms. The number of hydrogen-bond acceptors (Lipinski definition) is 6. The zero-order valence-electron chi connectivity index (χ0n) is 11.5. The second-order valence-corrected chi connectivity index (χ2v) is 4.01. The van der Waals surface area contributed by atoms with E-state index < -0.39 is 11.9 Å². The van der Waals surface area contributed by atoms with Crippen LogP contribution in [0.25, 0.3) is 0 Å². The highest BCUT2D eigenvalue weighted by atomic mass is 16.6. The van der Waals surface area contributed by atoms with Gasteiger partial charge >= 0.3 is 11.9 Å². The lowest BCUT2D eigenvalue weighted by molar-refractivity contribution is 0.0318. The summed E-state index contributed by atoms with van der Waals surface area (Å²) in [4.78, 5) is 23.1. The van der Waals surface area contributed by atoms with E-state index in [0.29, 0.717) is 13.2 Å². The van der Waals surface area contributed by atoms with Gasteiger partial charge in [-0.3, -0.25) is 0 Å². The van der Waals surface area contributed by atoms with Crippen molar-refractivity contribution >= 4 is 11.9 Å². The topological polar surface area (TPSA) is 82.1 Å². The lowest BCUT2D eigenvalue weighted by Crippen LogP contribution is -2.12. The van der Waals surface area contributed by atoms with E-state index in [-0.39, 0.29) is 23.5 Å². The van der Waals surface area contributed by atoms with E-state index >= 15 is 0 Å². The standard InChI is InChI=1S/C14H18O6/c1-3-4-19-5-6-20-14(17)11-7-10(13(16)18-2)8-12(15)9-11/h7-9,15H,3-6H2,1-2H3. The second kappa shape index (κ2) is 8.16. The zero-order valence-corrected chi connectivity index (χ0v) is 11.5. The minimum atomic E-state index is -0.638. The van der Waals surface area contributed by atoms with Crippen LogP contribution in [-0.2, 0) is 14.2 Å².